The van der Waals surface area contributed by atoms with Crippen molar-refractivity contribution in [3.05, 3.63) is 35.9 Å². The van der Waals surface area contributed by atoms with Crippen molar-refractivity contribution in [2.24, 2.45) is 0 Å². The van der Waals surface area contributed by atoms with Gasteiger partial charge in [-0.2, -0.15) is 0 Å². The second-order valence-corrected chi connectivity index (χ2v) is 4.39. The number of nitrogens with zero attached hydrogens (tertiary/aromatic N) is 1. The zero-order valence-electron chi connectivity index (χ0n) is 11.5. The Morgan fingerprint density at radius 2 is 1.95 bits per heavy atom. The highest BCUT2D eigenvalue weighted by atomic mass is 16.5. The van der Waals surface area contributed by atoms with Crippen molar-refractivity contribution in [3.8, 4) is 0 Å². The number of likely N-dealkylation sites (N-methyl/N-ethyl adjacent to an activating group) is 1. The van der Waals surface area contributed by atoms with E-state index in [-0.39, 0.29) is 18.9 Å². The monoisotopic (exact) mass is 278 g/mol. The summed E-state index contributed by atoms with van der Waals surface area (Å²) in [7, 11) is 3.11. The molecule has 0 spiro atoms. The highest BCUT2D eigenvalue weighted by Crippen LogP contribution is 2.01. The van der Waals surface area contributed by atoms with Crippen LogP contribution in [-0.4, -0.2) is 43.3 Å². The van der Waals surface area contributed by atoms with Crippen LogP contribution in [0.4, 0.5) is 4.79 Å². The van der Waals surface area contributed by atoms with Crippen molar-refractivity contribution in [1.82, 2.24) is 10.2 Å². The van der Waals surface area contributed by atoms with E-state index < -0.39 is 12.1 Å². The molecule has 0 aliphatic heterocycles. The topological polar surface area (TPSA) is 75.7 Å². The van der Waals surface area contributed by atoms with E-state index in [1.165, 1.54) is 4.90 Å². The van der Waals surface area contributed by atoms with Gasteiger partial charge >= 0.3 is 6.09 Å². The average Bonchev–Trinajstić information content (AvgIpc) is 2.45. The molecule has 1 rings (SSSR count). The minimum absolute atomic E-state index is 0.0859. The summed E-state index contributed by atoms with van der Waals surface area (Å²) < 4.78 is 5.00. The fraction of sp³-hybridized carbons (Fsp3) is 0.357. The van der Waals surface area contributed by atoms with Crippen molar-refractivity contribution in [2.75, 3.05) is 14.1 Å². The smallest absolute Gasteiger partial charge is 0.408 e. The van der Waals surface area contributed by atoms with E-state index in [1.807, 2.05) is 30.3 Å². The summed E-state index contributed by atoms with van der Waals surface area (Å²) in [6.07, 6.45) is -0.225. The van der Waals surface area contributed by atoms with Crippen LogP contribution in [0.2, 0.25) is 0 Å². The van der Waals surface area contributed by atoms with E-state index >= 15 is 0 Å². The van der Waals surface area contributed by atoms with Gasteiger partial charge in [-0.25, -0.2) is 4.79 Å². The Labute approximate surface area is 117 Å². The number of benzene rings is 1. The van der Waals surface area contributed by atoms with E-state index in [2.05, 4.69) is 5.32 Å². The number of nitrogens with one attached hydrogen (secondary N) is 1. The van der Waals surface area contributed by atoms with Crippen molar-refractivity contribution in [3.63, 3.8) is 0 Å². The van der Waals surface area contributed by atoms with Gasteiger partial charge in [-0.05, 0) is 5.56 Å². The van der Waals surface area contributed by atoms with E-state index in [0.29, 0.717) is 6.29 Å². The van der Waals surface area contributed by atoms with Gasteiger partial charge in [0.1, 0.15) is 18.9 Å². The molecular formula is C14H18N2O4. The number of carbonyl (C=O) groups excluding carboxylic acids is 3. The van der Waals surface area contributed by atoms with Gasteiger partial charge in [-0.15, -0.1) is 0 Å². The molecule has 0 fully saturated rings. The molecule has 1 aromatic rings. The van der Waals surface area contributed by atoms with Gasteiger partial charge in [0.2, 0.25) is 5.91 Å². The third kappa shape index (κ3) is 5.09. The summed E-state index contributed by atoms with van der Waals surface area (Å²) in [5.41, 5.74) is 0.841. The standard InChI is InChI=1S/C14H18N2O4/c1-16(2)13(18)12(8-9-17)15-14(19)20-10-11-6-4-3-5-7-11/h3-7,9,12H,8,10H2,1-2H3,(H,15,19)/t12-/m0/s1. The molecule has 0 unspecified atom stereocenters. The predicted molar refractivity (Wildman–Crippen MR) is 72.9 cm³/mol. The van der Waals surface area contributed by atoms with Gasteiger partial charge < -0.3 is 19.7 Å². The summed E-state index contributed by atoms with van der Waals surface area (Å²) in [4.78, 5) is 35.2. The molecule has 0 saturated heterocycles. The molecule has 0 heterocycles. The van der Waals surface area contributed by atoms with E-state index in [4.69, 9.17) is 4.74 Å². The fourth-order valence-electron chi connectivity index (χ4n) is 1.54. The number of ether oxygens (including phenoxy) is 1. The molecule has 1 aromatic carbocycles. The summed E-state index contributed by atoms with van der Waals surface area (Å²) in [6, 6.07) is 8.27. The van der Waals surface area contributed by atoms with Crippen molar-refractivity contribution < 1.29 is 19.1 Å². The molecule has 0 bridgehead atoms. The maximum absolute atomic E-state index is 11.7. The van der Waals surface area contributed by atoms with Crippen LogP contribution in [0.3, 0.4) is 0 Å². The summed E-state index contributed by atoms with van der Waals surface area (Å²) in [5.74, 6) is -0.353. The van der Waals surface area contributed by atoms with Gasteiger partial charge in [-0.1, -0.05) is 30.3 Å². The molecule has 0 aliphatic rings. The van der Waals surface area contributed by atoms with Crippen LogP contribution in [0.1, 0.15) is 12.0 Å². The zero-order chi connectivity index (χ0) is 15.0. The normalized spacial score (nSPS) is 11.3. The van der Waals surface area contributed by atoms with Gasteiger partial charge in [0.15, 0.2) is 0 Å². The van der Waals surface area contributed by atoms with Crippen LogP contribution < -0.4 is 5.32 Å². The van der Waals surface area contributed by atoms with E-state index in [0.717, 1.165) is 5.56 Å². The van der Waals surface area contributed by atoms with Crippen LogP contribution in [0.25, 0.3) is 0 Å². The third-order valence-corrected chi connectivity index (χ3v) is 2.58. The molecule has 6 nitrogen and oxygen atoms in total. The molecule has 1 N–H and O–H groups in total. The predicted octanol–water partition coefficient (Wildman–Crippen LogP) is 0.959. The largest absolute Gasteiger partial charge is 0.445 e. The quantitative estimate of drug-likeness (QED) is 0.786. The lowest BCUT2D eigenvalue weighted by atomic mass is 10.2. The number of amides is 2. The summed E-state index contributed by atoms with van der Waals surface area (Å²) >= 11 is 0. The number of aldehydes is 1. The maximum atomic E-state index is 11.7. The first-order valence-corrected chi connectivity index (χ1v) is 6.16. The van der Waals surface area contributed by atoms with Gasteiger partial charge in [0.05, 0.1) is 0 Å². The molecule has 2 amide bonds. The van der Waals surface area contributed by atoms with Crippen LogP contribution in [0.15, 0.2) is 30.3 Å². The van der Waals surface area contributed by atoms with Crippen molar-refractivity contribution in [2.45, 2.75) is 19.1 Å². The number of hydrogen-bond acceptors (Lipinski definition) is 4. The van der Waals surface area contributed by atoms with Gasteiger partial charge in [0.25, 0.3) is 0 Å². The summed E-state index contributed by atoms with van der Waals surface area (Å²) in [6.45, 7) is 0.108. The van der Waals surface area contributed by atoms with Crippen LogP contribution >= 0.6 is 0 Å². The molecule has 0 radical (unpaired) electrons. The Kier molecular flexibility index (Phi) is 6.22. The van der Waals surface area contributed by atoms with Crippen LogP contribution in [-0.2, 0) is 20.9 Å². The first-order valence-electron chi connectivity index (χ1n) is 6.16. The molecule has 108 valence electrons. The molecule has 6 heteroatoms. The Morgan fingerprint density at radius 1 is 1.30 bits per heavy atom. The SMILES string of the molecule is CN(C)C(=O)[C@H](CC=O)NC(=O)OCc1ccccc1. The first kappa shape index (κ1) is 15.7. The minimum Gasteiger partial charge on any atom is -0.445 e. The lowest BCUT2D eigenvalue weighted by Gasteiger charge is -2.19. The Morgan fingerprint density at radius 3 is 2.50 bits per heavy atom. The number of alkyl carbamates (subject to hydrolysis) is 1. The maximum Gasteiger partial charge on any atom is 0.408 e. The first-order chi connectivity index (χ1) is 9.54. The van der Waals surface area contributed by atoms with E-state index in [1.54, 1.807) is 14.1 Å². The number of hydrogen-bond donors (Lipinski definition) is 1. The zero-order valence-corrected chi connectivity index (χ0v) is 11.5. The van der Waals surface area contributed by atoms with Crippen LogP contribution in [0.5, 0.6) is 0 Å². The molecule has 0 aliphatic carbocycles. The Balaban J connectivity index is 2.49. The summed E-state index contributed by atoms with van der Waals surface area (Å²) in [5, 5.41) is 2.39. The van der Waals surface area contributed by atoms with Crippen molar-refractivity contribution >= 4 is 18.3 Å². The molecule has 1 atom stereocenters. The molecular weight excluding hydrogens is 260 g/mol. The third-order valence-electron chi connectivity index (χ3n) is 2.58. The highest BCUT2D eigenvalue weighted by molar-refractivity contribution is 5.87. The molecule has 0 aromatic heterocycles. The minimum atomic E-state index is -0.897. The fourth-order valence-corrected chi connectivity index (χ4v) is 1.54. The van der Waals surface area contributed by atoms with Gasteiger partial charge in [0, 0.05) is 20.5 Å². The highest BCUT2D eigenvalue weighted by Gasteiger charge is 2.22. The molecule has 20 heavy (non-hydrogen) atoms. The second-order valence-electron chi connectivity index (χ2n) is 4.39. The number of carbonyl (C=O) groups is 3. The molecule has 0 saturated carbocycles. The second kappa shape index (κ2) is 7.93. The average molecular weight is 278 g/mol. The number of rotatable bonds is 6. The lowest BCUT2D eigenvalue weighted by Crippen LogP contribution is -2.46. The Bertz CT molecular complexity index is 460. The van der Waals surface area contributed by atoms with E-state index in [9.17, 15) is 14.4 Å². The van der Waals surface area contributed by atoms with Gasteiger partial charge in [-0.3, -0.25) is 4.79 Å². The lowest BCUT2D eigenvalue weighted by molar-refractivity contribution is -0.132. The Hall–Kier alpha value is -2.37. The van der Waals surface area contributed by atoms with Crippen molar-refractivity contribution in [1.29, 1.82) is 0 Å². The van der Waals surface area contributed by atoms with Crippen LogP contribution in [0, 0.1) is 0 Å².